The number of nitrogens with zero attached hydrogens (tertiary/aromatic N) is 2. The molecule has 5 nitrogen and oxygen atoms in total. The Morgan fingerprint density at radius 3 is 2.79 bits per heavy atom. The number of carbonyl (C=O) groups is 1. The third-order valence-electron chi connectivity index (χ3n) is 3.83. The van der Waals surface area contributed by atoms with Crippen molar-refractivity contribution in [1.82, 2.24) is 15.2 Å². The molecule has 0 unspecified atom stereocenters. The first-order valence-corrected chi connectivity index (χ1v) is 7.93. The van der Waals surface area contributed by atoms with E-state index < -0.39 is 0 Å². The maximum atomic E-state index is 12.7. The molecule has 1 aromatic carbocycles. The maximum Gasteiger partial charge on any atom is 0.252 e. The quantitative estimate of drug-likeness (QED) is 0.784. The molecule has 0 aliphatic heterocycles. The molecular formula is C19H21N3O2. The van der Waals surface area contributed by atoms with Gasteiger partial charge in [0, 0.05) is 18.5 Å². The Balaban J connectivity index is 2.03. The molecule has 0 radical (unpaired) electrons. The van der Waals surface area contributed by atoms with E-state index in [9.17, 15) is 4.79 Å². The predicted octanol–water partition coefficient (Wildman–Crippen LogP) is 3.09. The van der Waals surface area contributed by atoms with Crippen LogP contribution < -0.4 is 5.32 Å². The van der Waals surface area contributed by atoms with E-state index in [1.807, 2.05) is 56.3 Å². The van der Waals surface area contributed by atoms with Crippen molar-refractivity contribution in [1.29, 1.82) is 0 Å². The van der Waals surface area contributed by atoms with E-state index in [0.717, 1.165) is 23.0 Å². The molecule has 124 valence electrons. The normalized spacial score (nSPS) is 11.2. The molecule has 3 aromatic rings. The van der Waals surface area contributed by atoms with Crippen molar-refractivity contribution in [3.63, 3.8) is 0 Å². The van der Waals surface area contributed by atoms with Gasteiger partial charge in [0.2, 0.25) is 0 Å². The van der Waals surface area contributed by atoms with Crippen molar-refractivity contribution in [2.75, 3.05) is 27.2 Å². The lowest BCUT2D eigenvalue weighted by atomic mass is 10.0. The zero-order valence-electron chi connectivity index (χ0n) is 14.2. The molecule has 3 rings (SSSR count). The van der Waals surface area contributed by atoms with E-state index in [-0.39, 0.29) is 5.91 Å². The molecule has 0 fully saturated rings. The van der Waals surface area contributed by atoms with Crippen molar-refractivity contribution in [2.24, 2.45) is 0 Å². The second kappa shape index (κ2) is 6.84. The van der Waals surface area contributed by atoms with Gasteiger partial charge >= 0.3 is 0 Å². The smallest absolute Gasteiger partial charge is 0.252 e. The van der Waals surface area contributed by atoms with Crippen LogP contribution in [0.25, 0.3) is 22.4 Å². The summed E-state index contributed by atoms with van der Waals surface area (Å²) in [6.45, 7) is 3.39. The Bertz CT molecular complexity index is 854. The zero-order chi connectivity index (χ0) is 17.1. The maximum absolute atomic E-state index is 12.7. The number of hydrogen-bond donors (Lipinski definition) is 1. The van der Waals surface area contributed by atoms with E-state index in [0.29, 0.717) is 23.6 Å². The molecule has 1 amide bonds. The van der Waals surface area contributed by atoms with Gasteiger partial charge in [-0.05, 0) is 51.4 Å². The van der Waals surface area contributed by atoms with Crippen molar-refractivity contribution in [2.45, 2.75) is 6.92 Å². The molecule has 0 saturated heterocycles. The van der Waals surface area contributed by atoms with Gasteiger partial charge in [-0.15, -0.1) is 0 Å². The minimum Gasteiger partial charge on any atom is -0.463 e. The molecule has 0 saturated carbocycles. The summed E-state index contributed by atoms with van der Waals surface area (Å²) in [6.07, 6.45) is 1.60. The van der Waals surface area contributed by atoms with Crippen LogP contribution in [-0.2, 0) is 0 Å². The van der Waals surface area contributed by atoms with Crippen molar-refractivity contribution >= 4 is 16.8 Å². The van der Waals surface area contributed by atoms with Gasteiger partial charge in [0.15, 0.2) is 5.76 Å². The highest BCUT2D eigenvalue weighted by Crippen LogP contribution is 2.26. The van der Waals surface area contributed by atoms with Crippen LogP contribution in [0.1, 0.15) is 15.9 Å². The van der Waals surface area contributed by atoms with E-state index in [4.69, 9.17) is 4.42 Å². The molecule has 0 atom stereocenters. The summed E-state index contributed by atoms with van der Waals surface area (Å²) in [5, 5.41) is 3.83. The van der Waals surface area contributed by atoms with Gasteiger partial charge in [0.25, 0.3) is 5.91 Å². The van der Waals surface area contributed by atoms with Crippen LogP contribution in [0.15, 0.2) is 47.1 Å². The molecular weight excluding hydrogens is 302 g/mol. The molecule has 0 spiro atoms. The highest BCUT2D eigenvalue weighted by atomic mass is 16.3. The average Bonchev–Trinajstić information content (AvgIpc) is 3.08. The Hall–Kier alpha value is -2.66. The number of carbonyl (C=O) groups excluding carboxylic acids is 1. The predicted molar refractivity (Wildman–Crippen MR) is 95.1 cm³/mol. The number of pyridine rings is 1. The van der Waals surface area contributed by atoms with Crippen LogP contribution in [0.5, 0.6) is 0 Å². The van der Waals surface area contributed by atoms with Gasteiger partial charge < -0.3 is 14.6 Å². The van der Waals surface area contributed by atoms with Crippen molar-refractivity contribution < 1.29 is 9.21 Å². The standard InChI is InChI=1S/C19H21N3O2/c1-13-6-7-16-14(11-13)15(19(23)20-8-9-22(2)3)12-17(21-16)18-5-4-10-24-18/h4-7,10-12H,8-9H2,1-3H3,(H,20,23). The fraction of sp³-hybridized carbons (Fsp3) is 0.263. The summed E-state index contributed by atoms with van der Waals surface area (Å²) < 4.78 is 5.44. The molecule has 0 aliphatic carbocycles. The number of furan rings is 1. The first-order chi connectivity index (χ1) is 11.5. The summed E-state index contributed by atoms with van der Waals surface area (Å²) in [7, 11) is 3.96. The second-order valence-electron chi connectivity index (χ2n) is 6.11. The van der Waals surface area contributed by atoms with E-state index in [1.165, 1.54) is 0 Å². The van der Waals surface area contributed by atoms with Gasteiger partial charge in [-0.3, -0.25) is 4.79 Å². The highest BCUT2D eigenvalue weighted by molar-refractivity contribution is 6.07. The van der Waals surface area contributed by atoms with Gasteiger partial charge in [-0.1, -0.05) is 11.6 Å². The average molecular weight is 323 g/mol. The van der Waals surface area contributed by atoms with Gasteiger partial charge in [0.05, 0.1) is 17.3 Å². The van der Waals surface area contributed by atoms with Crippen LogP contribution >= 0.6 is 0 Å². The number of nitrogens with one attached hydrogen (secondary N) is 1. The molecule has 0 bridgehead atoms. The minimum absolute atomic E-state index is 0.0948. The largest absolute Gasteiger partial charge is 0.463 e. The number of aryl methyl sites for hydroxylation is 1. The lowest BCUT2D eigenvalue weighted by Crippen LogP contribution is -2.31. The molecule has 2 aromatic heterocycles. The number of rotatable bonds is 5. The highest BCUT2D eigenvalue weighted by Gasteiger charge is 2.15. The third kappa shape index (κ3) is 3.46. The summed E-state index contributed by atoms with van der Waals surface area (Å²) in [5.41, 5.74) is 3.16. The van der Waals surface area contributed by atoms with E-state index in [1.54, 1.807) is 12.3 Å². The lowest BCUT2D eigenvalue weighted by Gasteiger charge is -2.12. The summed E-state index contributed by atoms with van der Waals surface area (Å²) >= 11 is 0. The van der Waals surface area contributed by atoms with Crippen LogP contribution in [0.2, 0.25) is 0 Å². The summed E-state index contributed by atoms with van der Waals surface area (Å²) in [6, 6.07) is 11.4. The minimum atomic E-state index is -0.0948. The molecule has 5 heteroatoms. The van der Waals surface area contributed by atoms with E-state index >= 15 is 0 Å². The van der Waals surface area contributed by atoms with Crippen LogP contribution in [0, 0.1) is 6.92 Å². The zero-order valence-corrected chi connectivity index (χ0v) is 14.2. The Morgan fingerprint density at radius 2 is 2.08 bits per heavy atom. The molecule has 24 heavy (non-hydrogen) atoms. The van der Waals surface area contributed by atoms with Crippen molar-refractivity contribution in [3.8, 4) is 11.5 Å². The molecule has 2 heterocycles. The Kier molecular flexibility index (Phi) is 4.62. The van der Waals surface area contributed by atoms with E-state index in [2.05, 4.69) is 10.3 Å². The number of fused-ring (bicyclic) bond motifs is 1. The summed E-state index contributed by atoms with van der Waals surface area (Å²) in [5.74, 6) is 0.558. The number of aromatic nitrogens is 1. The molecule has 0 aliphatic rings. The lowest BCUT2D eigenvalue weighted by molar-refractivity contribution is 0.0952. The summed E-state index contributed by atoms with van der Waals surface area (Å²) in [4.78, 5) is 19.3. The number of benzene rings is 1. The SMILES string of the molecule is Cc1ccc2nc(-c3ccco3)cc(C(=O)NCCN(C)C)c2c1. The number of amides is 1. The second-order valence-corrected chi connectivity index (χ2v) is 6.11. The van der Waals surface area contributed by atoms with Crippen LogP contribution in [0.3, 0.4) is 0 Å². The van der Waals surface area contributed by atoms with Gasteiger partial charge in [0.1, 0.15) is 5.69 Å². The topological polar surface area (TPSA) is 58.4 Å². The number of likely N-dealkylation sites (N-methyl/N-ethyl adjacent to an activating group) is 1. The third-order valence-corrected chi connectivity index (χ3v) is 3.83. The molecule has 1 N–H and O–H groups in total. The fourth-order valence-electron chi connectivity index (χ4n) is 2.57. The first-order valence-electron chi connectivity index (χ1n) is 7.93. The van der Waals surface area contributed by atoms with Crippen LogP contribution in [-0.4, -0.2) is 43.0 Å². The Labute approximate surface area is 141 Å². The van der Waals surface area contributed by atoms with Crippen LogP contribution in [0.4, 0.5) is 0 Å². The monoisotopic (exact) mass is 323 g/mol. The number of hydrogen-bond acceptors (Lipinski definition) is 4. The first kappa shape index (κ1) is 16.2. The van der Waals surface area contributed by atoms with Gasteiger partial charge in [-0.25, -0.2) is 4.98 Å². The van der Waals surface area contributed by atoms with Gasteiger partial charge in [-0.2, -0.15) is 0 Å². The fourth-order valence-corrected chi connectivity index (χ4v) is 2.57. The van der Waals surface area contributed by atoms with Crippen molar-refractivity contribution in [3.05, 3.63) is 53.8 Å². The Morgan fingerprint density at radius 1 is 1.25 bits per heavy atom.